The molecule has 0 radical (unpaired) electrons. The molecule has 1 atom stereocenters. The van der Waals surface area contributed by atoms with Crippen LogP contribution in [0.2, 0.25) is 0 Å². The lowest BCUT2D eigenvalue weighted by Crippen LogP contribution is -2.41. The van der Waals surface area contributed by atoms with Gasteiger partial charge in [-0.15, -0.1) is 0 Å². The van der Waals surface area contributed by atoms with Crippen molar-refractivity contribution >= 4 is 11.6 Å². The number of carbonyl (C=O) groups excluding carboxylic acids is 1. The Morgan fingerprint density at radius 3 is 2.74 bits per heavy atom. The number of ether oxygens (including phenoxy) is 1. The van der Waals surface area contributed by atoms with Crippen LogP contribution in [0.15, 0.2) is 79.1 Å². The maximum absolute atomic E-state index is 14.0. The van der Waals surface area contributed by atoms with E-state index >= 15 is 0 Å². The van der Waals surface area contributed by atoms with Crippen LogP contribution in [-0.4, -0.2) is 33.9 Å². The molecule has 0 fully saturated rings. The van der Waals surface area contributed by atoms with E-state index in [1.165, 1.54) is 12.1 Å². The number of fused-ring (bicyclic) bond motifs is 1. The highest BCUT2D eigenvalue weighted by Crippen LogP contribution is 2.34. The zero-order chi connectivity index (χ0) is 23.5. The summed E-state index contributed by atoms with van der Waals surface area (Å²) in [5.74, 6) is 0.811. The Balaban J connectivity index is 1.36. The topological polar surface area (TPSA) is 70.2 Å². The highest BCUT2D eigenvalue weighted by atomic mass is 19.1. The van der Waals surface area contributed by atoms with Crippen molar-refractivity contribution in [2.24, 2.45) is 0 Å². The number of hydrogen-bond acceptors (Lipinski definition) is 4. The van der Waals surface area contributed by atoms with Crippen LogP contribution in [0.4, 0.5) is 10.1 Å². The van der Waals surface area contributed by atoms with Gasteiger partial charge in [0.15, 0.2) is 5.75 Å². The van der Waals surface area contributed by atoms with E-state index in [9.17, 15) is 9.18 Å². The number of para-hydroxylation sites is 3. The lowest BCUT2D eigenvalue weighted by atomic mass is 9.95. The molecule has 3 aromatic carbocycles. The predicted octanol–water partition coefficient (Wildman–Crippen LogP) is 5.24. The van der Waals surface area contributed by atoms with E-state index in [0.717, 1.165) is 34.7 Å². The Labute approximate surface area is 197 Å². The number of anilines is 1. The second-order valence-corrected chi connectivity index (χ2v) is 8.36. The molecule has 6 nitrogen and oxygen atoms in total. The van der Waals surface area contributed by atoms with E-state index in [0.29, 0.717) is 18.0 Å². The van der Waals surface area contributed by atoms with Crippen LogP contribution in [0.25, 0.3) is 0 Å². The first-order chi connectivity index (χ1) is 16.6. The highest BCUT2D eigenvalue weighted by molar-refractivity contribution is 5.93. The maximum Gasteiger partial charge on any atom is 0.238 e. The molecule has 0 saturated heterocycles. The van der Waals surface area contributed by atoms with Crippen LogP contribution in [0, 0.1) is 12.7 Å². The summed E-state index contributed by atoms with van der Waals surface area (Å²) in [5.41, 5.74) is 4.21. The van der Waals surface area contributed by atoms with Crippen LogP contribution in [0.5, 0.6) is 11.5 Å². The lowest BCUT2D eigenvalue weighted by Gasteiger charge is -2.34. The molecule has 1 unspecified atom stereocenters. The molecule has 1 aromatic heterocycles. The molecule has 34 heavy (non-hydrogen) atoms. The van der Waals surface area contributed by atoms with Crippen LogP contribution >= 0.6 is 0 Å². The van der Waals surface area contributed by atoms with Crippen molar-refractivity contribution in [2.75, 3.05) is 18.4 Å². The van der Waals surface area contributed by atoms with E-state index in [-0.39, 0.29) is 24.3 Å². The molecule has 172 valence electrons. The normalized spacial score (nSPS) is 15.5. The summed E-state index contributed by atoms with van der Waals surface area (Å²) in [7, 11) is 0. The largest absolute Gasteiger partial charge is 0.455 e. The zero-order valence-electron chi connectivity index (χ0n) is 18.8. The molecule has 7 heteroatoms. The third kappa shape index (κ3) is 4.56. The lowest BCUT2D eigenvalue weighted by molar-refractivity contribution is -0.117. The Morgan fingerprint density at radius 2 is 1.91 bits per heavy atom. The Hall–Kier alpha value is -3.97. The van der Waals surface area contributed by atoms with Gasteiger partial charge in [-0.05, 0) is 48.4 Å². The minimum Gasteiger partial charge on any atom is -0.455 e. The highest BCUT2D eigenvalue weighted by Gasteiger charge is 2.32. The van der Waals surface area contributed by atoms with Gasteiger partial charge in [-0.1, -0.05) is 42.5 Å². The molecule has 0 saturated carbocycles. The summed E-state index contributed by atoms with van der Waals surface area (Å²) < 4.78 is 20.1. The number of hydrogen-bond donors (Lipinski definition) is 2. The summed E-state index contributed by atoms with van der Waals surface area (Å²) >= 11 is 0. The van der Waals surface area contributed by atoms with Crippen molar-refractivity contribution < 1.29 is 13.9 Å². The monoisotopic (exact) mass is 456 g/mol. The molecule has 4 aromatic rings. The fraction of sp³-hybridized carbons (Fsp3) is 0.185. The number of nitrogens with zero attached hydrogens (tertiary/aromatic N) is 2. The number of rotatable bonds is 6. The smallest absolute Gasteiger partial charge is 0.238 e. The Bertz CT molecular complexity index is 1320. The van der Waals surface area contributed by atoms with Gasteiger partial charge in [0.2, 0.25) is 5.91 Å². The zero-order valence-corrected chi connectivity index (χ0v) is 18.8. The van der Waals surface area contributed by atoms with Crippen molar-refractivity contribution in [2.45, 2.75) is 19.4 Å². The first-order valence-corrected chi connectivity index (χ1v) is 11.2. The molecule has 2 heterocycles. The maximum atomic E-state index is 14.0. The van der Waals surface area contributed by atoms with E-state index in [4.69, 9.17) is 4.74 Å². The number of carbonyl (C=O) groups is 1. The molecular weight excluding hydrogens is 431 g/mol. The number of aryl methyl sites for hydroxylation is 1. The number of imidazole rings is 1. The minimum atomic E-state index is -0.313. The van der Waals surface area contributed by atoms with Gasteiger partial charge in [-0.25, -0.2) is 9.37 Å². The molecule has 1 aliphatic rings. The summed E-state index contributed by atoms with van der Waals surface area (Å²) in [5, 5.41) is 2.99. The number of amides is 1. The predicted molar refractivity (Wildman–Crippen MR) is 128 cm³/mol. The average Bonchev–Trinajstić information content (AvgIpc) is 3.30. The van der Waals surface area contributed by atoms with Crippen molar-refractivity contribution in [3.05, 3.63) is 107 Å². The fourth-order valence-electron chi connectivity index (χ4n) is 4.36. The number of H-pyrrole nitrogens is 1. The number of halogens is 1. The number of nitrogens with one attached hydrogen (secondary N) is 2. The molecule has 0 bridgehead atoms. The second kappa shape index (κ2) is 9.49. The summed E-state index contributed by atoms with van der Waals surface area (Å²) in [6, 6.07) is 21.3. The summed E-state index contributed by atoms with van der Waals surface area (Å²) in [6.07, 6.45) is 2.39. The van der Waals surface area contributed by atoms with Crippen LogP contribution < -0.4 is 10.1 Å². The third-order valence-electron chi connectivity index (χ3n) is 6.01. The van der Waals surface area contributed by atoms with Crippen molar-refractivity contribution in [3.8, 4) is 11.5 Å². The van der Waals surface area contributed by atoms with Gasteiger partial charge in [-0.3, -0.25) is 9.69 Å². The van der Waals surface area contributed by atoms with E-state index in [1.54, 1.807) is 12.4 Å². The Morgan fingerprint density at radius 1 is 1.12 bits per heavy atom. The van der Waals surface area contributed by atoms with Crippen LogP contribution in [0.3, 0.4) is 0 Å². The molecule has 1 amide bonds. The molecule has 2 N–H and O–H groups in total. The molecule has 0 aliphatic carbocycles. The van der Waals surface area contributed by atoms with E-state index < -0.39 is 0 Å². The van der Waals surface area contributed by atoms with Crippen molar-refractivity contribution in [3.63, 3.8) is 0 Å². The van der Waals surface area contributed by atoms with Gasteiger partial charge in [0.1, 0.15) is 11.6 Å². The summed E-state index contributed by atoms with van der Waals surface area (Å²) in [4.78, 5) is 22.8. The Kier molecular flexibility index (Phi) is 6.10. The van der Waals surface area contributed by atoms with Crippen molar-refractivity contribution in [1.82, 2.24) is 14.9 Å². The first kappa shape index (κ1) is 21.9. The van der Waals surface area contributed by atoms with Gasteiger partial charge in [0.25, 0.3) is 0 Å². The van der Waals surface area contributed by atoms with E-state index in [1.807, 2.05) is 66.4 Å². The summed E-state index contributed by atoms with van der Waals surface area (Å²) in [6.45, 7) is 2.75. The molecule has 1 aliphatic heterocycles. The number of aromatic nitrogens is 2. The van der Waals surface area contributed by atoms with Gasteiger partial charge in [-0.2, -0.15) is 0 Å². The second-order valence-electron chi connectivity index (χ2n) is 8.36. The molecule has 5 rings (SSSR count). The SMILES string of the molecule is Cc1ccccc1Oc1ccccc1NC(=O)CN1CCc2[nH]cnc2C1c1cccc(F)c1. The number of benzene rings is 3. The quantitative estimate of drug-likeness (QED) is 0.417. The van der Waals surface area contributed by atoms with Gasteiger partial charge in [0, 0.05) is 18.7 Å². The minimum absolute atomic E-state index is 0.131. The van der Waals surface area contributed by atoms with Gasteiger partial charge < -0.3 is 15.0 Å². The van der Waals surface area contributed by atoms with Gasteiger partial charge in [0.05, 0.1) is 30.3 Å². The average molecular weight is 457 g/mol. The fourth-order valence-corrected chi connectivity index (χ4v) is 4.36. The van der Waals surface area contributed by atoms with Crippen molar-refractivity contribution in [1.29, 1.82) is 0 Å². The number of aromatic amines is 1. The molecular formula is C27H25FN4O2. The van der Waals surface area contributed by atoms with Crippen LogP contribution in [0.1, 0.15) is 28.6 Å². The van der Waals surface area contributed by atoms with Crippen LogP contribution in [-0.2, 0) is 11.2 Å². The third-order valence-corrected chi connectivity index (χ3v) is 6.01. The standard InChI is InChI=1S/C27H25FN4O2/c1-18-7-2-4-11-23(18)34-24-12-5-3-10-21(24)31-25(33)16-32-14-13-22-26(30-17-29-22)27(32)19-8-6-9-20(28)15-19/h2-12,15,17,27H,13-14,16H2,1H3,(H,29,30)(H,31,33). The first-order valence-electron chi connectivity index (χ1n) is 11.2. The molecule has 0 spiro atoms. The van der Waals surface area contributed by atoms with E-state index in [2.05, 4.69) is 15.3 Å². The van der Waals surface area contributed by atoms with Gasteiger partial charge >= 0.3 is 0 Å².